The summed E-state index contributed by atoms with van der Waals surface area (Å²) >= 11 is 3.31. The molecular formula is C21H17BrN2O3. The molecule has 0 heterocycles. The van der Waals surface area contributed by atoms with Gasteiger partial charge in [-0.25, -0.2) is 5.43 Å². The Bertz CT molecular complexity index is 941. The minimum Gasteiger partial charge on any atom is -0.507 e. The fourth-order valence-electron chi connectivity index (χ4n) is 2.36. The Labute approximate surface area is 165 Å². The van der Waals surface area contributed by atoms with Crippen molar-refractivity contribution in [3.05, 3.63) is 82.8 Å². The molecule has 0 saturated carbocycles. The van der Waals surface area contributed by atoms with Crippen molar-refractivity contribution in [2.75, 3.05) is 6.61 Å². The Morgan fingerprint density at radius 3 is 2.48 bits per heavy atom. The number of rotatable bonds is 6. The molecule has 3 aromatic rings. The fourth-order valence-corrected chi connectivity index (χ4v) is 2.74. The van der Waals surface area contributed by atoms with Crippen LogP contribution >= 0.6 is 15.9 Å². The van der Waals surface area contributed by atoms with Crippen LogP contribution < -0.4 is 10.2 Å². The van der Waals surface area contributed by atoms with E-state index in [4.69, 9.17) is 4.74 Å². The quantitative estimate of drug-likeness (QED) is 0.456. The third-order valence-electron chi connectivity index (χ3n) is 3.71. The number of phenols is 1. The molecule has 0 aliphatic rings. The molecule has 0 bridgehead atoms. The number of benzene rings is 3. The van der Waals surface area contributed by atoms with E-state index in [-0.39, 0.29) is 12.4 Å². The second kappa shape index (κ2) is 9.00. The van der Waals surface area contributed by atoms with Crippen LogP contribution in [0.15, 0.2) is 82.4 Å². The van der Waals surface area contributed by atoms with Gasteiger partial charge in [-0.1, -0.05) is 58.4 Å². The van der Waals surface area contributed by atoms with Crippen molar-refractivity contribution < 1.29 is 14.6 Å². The van der Waals surface area contributed by atoms with Crippen LogP contribution in [0, 0.1) is 0 Å². The van der Waals surface area contributed by atoms with Crippen LogP contribution in [0.5, 0.6) is 11.5 Å². The average molecular weight is 425 g/mol. The molecule has 0 radical (unpaired) electrons. The number of halogens is 1. The molecule has 136 valence electrons. The molecule has 0 fully saturated rings. The maximum atomic E-state index is 11.8. The molecule has 5 nitrogen and oxygen atoms in total. The smallest absolute Gasteiger partial charge is 0.277 e. The summed E-state index contributed by atoms with van der Waals surface area (Å²) in [4.78, 5) is 11.8. The van der Waals surface area contributed by atoms with Gasteiger partial charge >= 0.3 is 0 Å². The predicted molar refractivity (Wildman–Crippen MR) is 109 cm³/mol. The number of carbonyl (C=O) groups is 1. The first-order chi connectivity index (χ1) is 13.1. The lowest BCUT2D eigenvalue weighted by atomic mass is 10.1. The van der Waals surface area contributed by atoms with E-state index in [1.54, 1.807) is 12.1 Å². The van der Waals surface area contributed by atoms with Gasteiger partial charge in [-0.15, -0.1) is 0 Å². The standard InChI is InChI=1S/C21H17BrN2O3/c22-18-8-11-20(25)17(12-18)13-23-24-21(26)14-27-19-9-6-16(7-10-19)15-4-2-1-3-5-15/h1-13,25H,14H2,(H,24,26)/b23-13+. The van der Waals surface area contributed by atoms with Crippen LogP contribution in [-0.4, -0.2) is 23.8 Å². The summed E-state index contributed by atoms with van der Waals surface area (Å²) in [6.45, 7) is -0.160. The van der Waals surface area contributed by atoms with Crippen LogP contribution in [0.3, 0.4) is 0 Å². The van der Waals surface area contributed by atoms with Crippen LogP contribution in [0.4, 0.5) is 0 Å². The largest absolute Gasteiger partial charge is 0.507 e. The van der Waals surface area contributed by atoms with Crippen LogP contribution in [0.25, 0.3) is 11.1 Å². The number of ether oxygens (including phenoxy) is 1. The van der Waals surface area contributed by atoms with Gasteiger partial charge in [0.05, 0.1) is 6.21 Å². The van der Waals surface area contributed by atoms with Crippen molar-refractivity contribution >= 4 is 28.1 Å². The first-order valence-corrected chi connectivity index (χ1v) is 9.00. The van der Waals surface area contributed by atoms with Gasteiger partial charge in [0, 0.05) is 10.0 Å². The van der Waals surface area contributed by atoms with Gasteiger partial charge in [0.25, 0.3) is 5.91 Å². The number of carbonyl (C=O) groups excluding carboxylic acids is 1. The van der Waals surface area contributed by atoms with E-state index < -0.39 is 5.91 Å². The molecule has 0 saturated heterocycles. The number of aromatic hydroxyl groups is 1. The molecule has 0 spiro atoms. The Morgan fingerprint density at radius 2 is 1.74 bits per heavy atom. The van der Waals surface area contributed by atoms with E-state index in [0.29, 0.717) is 11.3 Å². The van der Waals surface area contributed by atoms with Gasteiger partial charge in [0.15, 0.2) is 6.61 Å². The van der Waals surface area contributed by atoms with Gasteiger partial charge in [-0.05, 0) is 41.5 Å². The van der Waals surface area contributed by atoms with Crippen molar-refractivity contribution in [2.45, 2.75) is 0 Å². The first-order valence-electron chi connectivity index (χ1n) is 8.20. The zero-order valence-electron chi connectivity index (χ0n) is 14.3. The third-order valence-corrected chi connectivity index (χ3v) is 4.21. The van der Waals surface area contributed by atoms with E-state index in [9.17, 15) is 9.90 Å². The van der Waals surface area contributed by atoms with Gasteiger partial charge in [0.2, 0.25) is 0 Å². The number of phenolic OH excluding ortho intramolecular Hbond substituents is 1. The second-order valence-electron chi connectivity index (χ2n) is 5.68. The van der Waals surface area contributed by atoms with E-state index in [2.05, 4.69) is 26.5 Å². The summed E-state index contributed by atoms with van der Waals surface area (Å²) < 4.78 is 6.26. The molecule has 0 aliphatic heterocycles. The first kappa shape index (κ1) is 18.7. The Balaban J connectivity index is 1.50. The van der Waals surface area contributed by atoms with Gasteiger partial charge < -0.3 is 9.84 Å². The van der Waals surface area contributed by atoms with Gasteiger partial charge in [0.1, 0.15) is 11.5 Å². The van der Waals surface area contributed by atoms with Crippen LogP contribution in [-0.2, 0) is 4.79 Å². The van der Waals surface area contributed by atoms with Crippen molar-refractivity contribution in [3.63, 3.8) is 0 Å². The van der Waals surface area contributed by atoms with Crippen LogP contribution in [0.2, 0.25) is 0 Å². The SMILES string of the molecule is O=C(COc1ccc(-c2ccccc2)cc1)N/N=C/c1cc(Br)ccc1O. The topological polar surface area (TPSA) is 70.9 Å². The van der Waals surface area contributed by atoms with E-state index >= 15 is 0 Å². The van der Waals surface area contributed by atoms with E-state index in [0.717, 1.165) is 15.6 Å². The summed E-state index contributed by atoms with van der Waals surface area (Å²) in [6, 6.07) is 22.5. The lowest BCUT2D eigenvalue weighted by Gasteiger charge is -2.07. The summed E-state index contributed by atoms with van der Waals surface area (Å²) in [6.07, 6.45) is 1.37. The normalized spacial score (nSPS) is 10.7. The Morgan fingerprint density at radius 1 is 1.04 bits per heavy atom. The molecular weight excluding hydrogens is 408 g/mol. The molecule has 27 heavy (non-hydrogen) atoms. The monoisotopic (exact) mass is 424 g/mol. The fraction of sp³-hybridized carbons (Fsp3) is 0.0476. The highest BCUT2D eigenvalue weighted by Crippen LogP contribution is 2.22. The van der Waals surface area contributed by atoms with E-state index in [1.165, 1.54) is 12.3 Å². The highest BCUT2D eigenvalue weighted by Gasteiger charge is 2.03. The third kappa shape index (κ3) is 5.43. The lowest BCUT2D eigenvalue weighted by molar-refractivity contribution is -0.123. The van der Waals surface area contributed by atoms with Crippen molar-refractivity contribution in [1.82, 2.24) is 5.43 Å². The van der Waals surface area contributed by atoms with Gasteiger partial charge in [-0.3, -0.25) is 4.79 Å². The van der Waals surface area contributed by atoms with Crippen molar-refractivity contribution in [1.29, 1.82) is 0 Å². The molecule has 3 aromatic carbocycles. The highest BCUT2D eigenvalue weighted by molar-refractivity contribution is 9.10. The second-order valence-corrected chi connectivity index (χ2v) is 6.59. The number of nitrogens with zero attached hydrogens (tertiary/aromatic N) is 1. The summed E-state index contributed by atoms with van der Waals surface area (Å²) in [5.74, 6) is 0.275. The zero-order valence-corrected chi connectivity index (χ0v) is 15.9. The Kier molecular flexibility index (Phi) is 6.22. The van der Waals surface area contributed by atoms with Crippen molar-refractivity contribution in [3.8, 4) is 22.6 Å². The average Bonchev–Trinajstić information content (AvgIpc) is 2.70. The minimum absolute atomic E-state index is 0.0750. The van der Waals surface area contributed by atoms with E-state index in [1.807, 2.05) is 54.6 Å². The van der Waals surface area contributed by atoms with Gasteiger partial charge in [-0.2, -0.15) is 5.10 Å². The minimum atomic E-state index is -0.395. The predicted octanol–water partition coefficient (Wildman–Crippen LogP) is 4.35. The number of hydrogen-bond donors (Lipinski definition) is 2. The number of amides is 1. The Hall–Kier alpha value is -3.12. The summed E-state index contributed by atoms with van der Waals surface area (Å²) in [7, 11) is 0. The summed E-state index contributed by atoms with van der Waals surface area (Å²) in [5, 5.41) is 13.5. The zero-order chi connectivity index (χ0) is 19.1. The van der Waals surface area contributed by atoms with Crippen LogP contribution in [0.1, 0.15) is 5.56 Å². The number of nitrogens with one attached hydrogen (secondary N) is 1. The molecule has 0 aliphatic carbocycles. The molecule has 6 heteroatoms. The number of hydrazone groups is 1. The summed E-state index contributed by atoms with van der Waals surface area (Å²) in [5.41, 5.74) is 5.04. The number of hydrogen-bond acceptors (Lipinski definition) is 4. The molecule has 2 N–H and O–H groups in total. The molecule has 1 amide bonds. The maximum Gasteiger partial charge on any atom is 0.277 e. The molecule has 3 rings (SSSR count). The maximum absolute atomic E-state index is 11.8. The molecule has 0 atom stereocenters. The molecule has 0 aromatic heterocycles. The lowest BCUT2D eigenvalue weighted by Crippen LogP contribution is -2.24. The molecule has 0 unspecified atom stereocenters. The highest BCUT2D eigenvalue weighted by atomic mass is 79.9. The van der Waals surface area contributed by atoms with Crippen molar-refractivity contribution in [2.24, 2.45) is 5.10 Å².